The molecule has 0 N–H and O–H groups in total. The molecule has 0 saturated carbocycles. The fraction of sp³-hybridized carbons (Fsp3) is 0.562. The van der Waals surface area contributed by atoms with Crippen molar-refractivity contribution in [3.63, 3.8) is 0 Å². The van der Waals surface area contributed by atoms with E-state index in [2.05, 4.69) is 56.4 Å². The van der Waals surface area contributed by atoms with Crippen LogP contribution in [0, 0.1) is 0 Å². The molecule has 0 unspecified atom stereocenters. The summed E-state index contributed by atoms with van der Waals surface area (Å²) in [5, 5.41) is 1.41. The van der Waals surface area contributed by atoms with E-state index in [1.165, 1.54) is 35.0 Å². The molecule has 0 saturated heterocycles. The molecule has 2 heteroatoms. The van der Waals surface area contributed by atoms with Crippen LogP contribution in [0.4, 0.5) is 0 Å². The van der Waals surface area contributed by atoms with Crippen LogP contribution < -0.4 is 0 Å². The van der Waals surface area contributed by atoms with Gasteiger partial charge >= 0.3 is 0 Å². The van der Waals surface area contributed by atoms with Crippen molar-refractivity contribution in [3.05, 3.63) is 29.7 Å². The van der Waals surface area contributed by atoms with Gasteiger partial charge in [0, 0.05) is 28.7 Å². The summed E-state index contributed by atoms with van der Waals surface area (Å²) in [5.41, 5.74) is 4.43. The van der Waals surface area contributed by atoms with Crippen molar-refractivity contribution in [3.8, 4) is 0 Å². The Balaban J connectivity index is 2.40. The zero-order valence-electron chi connectivity index (χ0n) is 12.0. The molecule has 2 aromatic rings. The molecule has 18 heavy (non-hydrogen) atoms. The van der Waals surface area contributed by atoms with Crippen LogP contribution in [0.5, 0.6) is 0 Å². The summed E-state index contributed by atoms with van der Waals surface area (Å²) in [6.45, 7) is 11.4. The Bertz CT molecular complexity index is 612. The summed E-state index contributed by atoms with van der Waals surface area (Å²) in [4.78, 5) is 4.67. The van der Waals surface area contributed by atoms with Crippen LogP contribution in [0.3, 0.4) is 0 Å². The highest BCUT2D eigenvalue weighted by Crippen LogP contribution is 2.41. The van der Waals surface area contributed by atoms with Crippen LogP contribution in [0.25, 0.3) is 10.9 Å². The van der Waals surface area contributed by atoms with Gasteiger partial charge in [-0.2, -0.15) is 0 Å². The van der Waals surface area contributed by atoms with Gasteiger partial charge in [0.2, 0.25) is 0 Å². The Morgan fingerprint density at radius 1 is 1.28 bits per heavy atom. The van der Waals surface area contributed by atoms with Crippen molar-refractivity contribution >= 4 is 10.9 Å². The highest BCUT2D eigenvalue weighted by atomic mass is 15.0. The molecule has 1 aliphatic carbocycles. The summed E-state index contributed by atoms with van der Waals surface area (Å²) in [6, 6.07) is 2.16. The lowest BCUT2D eigenvalue weighted by Crippen LogP contribution is -2.23. The van der Waals surface area contributed by atoms with Crippen LogP contribution in [0.15, 0.2) is 18.5 Å². The number of nitrogens with zero attached hydrogens (tertiary/aromatic N) is 2. The minimum Gasteiger partial charge on any atom is -0.342 e. The Morgan fingerprint density at radius 3 is 2.67 bits per heavy atom. The molecule has 96 valence electrons. The number of hydrogen-bond donors (Lipinski definition) is 0. The standard InChI is InChI=1S/C16H22N2/c1-15(2,3)18-10-11-6-8-16(4,5)14-13(11)12(18)7-9-17-14/h7,9-10H,6,8H2,1-5H3. The van der Waals surface area contributed by atoms with Crippen molar-refractivity contribution in [2.75, 3.05) is 0 Å². The van der Waals surface area contributed by atoms with E-state index in [1.807, 2.05) is 6.20 Å². The fourth-order valence-corrected chi connectivity index (χ4v) is 3.08. The molecule has 0 fully saturated rings. The second-order valence-electron chi connectivity index (χ2n) is 7.13. The Hall–Kier alpha value is -1.31. The van der Waals surface area contributed by atoms with Gasteiger partial charge in [-0.25, -0.2) is 0 Å². The smallest absolute Gasteiger partial charge is 0.0556 e. The monoisotopic (exact) mass is 242 g/mol. The van der Waals surface area contributed by atoms with Crippen LogP contribution >= 0.6 is 0 Å². The largest absolute Gasteiger partial charge is 0.342 e. The maximum absolute atomic E-state index is 4.67. The molecule has 2 nitrogen and oxygen atoms in total. The second-order valence-corrected chi connectivity index (χ2v) is 7.13. The maximum Gasteiger partial charge on any atom is 0.0556 e. The van der Waals surface area contributed by atoms with Gasteiger partial charge in [0.05, 0.1) is 11.2 Å². The van der Waals surface area contributed by atoms with E-state index >= 15 is 0 Å². The quantitative estimate of drug-likeness (QED) is 0.682. The normalized spacial score (nSPS) is 18.3. The lowest BCUT2D eigenvalue weighted by atomic mass is 9.77. The zero-order chi connectivity index (χ0) is 13.1. The molecule has 2 heterocycles. The van der Waals surface area contributed by atoms with E-state index in [0.717, 1.165) is 0 Å². The van der Waals surface area contributed by atoms with Gasteiger partial charge in [-0.05, 0) is 45.2 Å². The first-order chi connectivity index (χ1) is 8.31. The van der Waals surface area contributed by atoms with Crippen molar-refractivity contribution in [1.29, 1.82) is 0 Å². The van der Waals surface area contributed by atoms with Gasteiger partial charge in [-0.3, -0.25) is 4.98 Å². The SMILES string of the molecule is CC1(C)CCc2cn(C(C)(C)C)c3ccnc1c23. The number of aromatic nitrogens is 2. The maximum atomic E-state index is 4.67. The first-order valence-electron chi connectivity index (χ1n) is 6.81. The van der Waals surface area contributed by atoms with Gasteiger partial charge in [-0.15, -0.1) is 0 Å². The zero-order valence-corrected chi connectivity index (χ0v) is 12.0. The van der Waals surface area contributed by atoms with Crippen LogP contribution in [-0.4, -0.2) is 9.55 Å². The van der Waals surface area contributed by atoms with Crippen LogP contribution in [0.1, 0.15) is 52.3 Å². The van der Waals surface area contributed by atoms with Crippen molar-refractivity contribution in [2.45, 2.75) is 58.4 Å². The predicted molar refractivity (Wildman–Crippen MR) is 76.1 cm³/mol. The third-order valence-corrected chi connectivity index (χ3v) is 4.18. The molecule has 2 aromatic heterocycles. The molecule has 3 rings (SSSR count). The highest BCUT2D eigenvalue weighted by molar-refractivity contribution is 5.88. The predicted octanol–water partition coefficient (Wildman–Crippen LogP) is 4.02. The number of aryl methyl sites for hydroxylation is 1. The Labute approximate surface area is 109 Å². The van der Waals surface area contributed by atoms with Crippen molar-refractivity contribution < 1.29 is 0 Å². The summed E-state index contributed by atoms with van der Waals surface area (Å²) in [7, 11) is 0. The molecule has 0 bridgehead atoms. The van der Waals surface area contributed by atoms with Gasteiger partial charge in [-0.1, -0.05) is 13.8 Å². The molecular formula is C16H22N2. The third-order valence-electron chi connectivity index (χ3n) is 4.18. The lowest BCUT2D eigenvalue weighted by Gasteiger charge is -2.29. The molecular weight excluding hydrogens is 220 g/mol. The highest BCUT2D eigenvalue weighted by Gasteiger charge is 2.32. The summed E-state index contributed by atoms with van der Waals surface area (Å²) in [6.07, 6.45) is 6.67. The van der Waals surface area contributed by atoms with E-state index in [-0.39, 0.29) is 11.0 Å². The molecule has 0 radical (unpaired) electrons. The average molecular weight is 242 g/mol. The van der Waals surface area contributed by atoms with Crippen LogP contribution in [-0.2, 0) is 17.4 Å². The number of pyridine rings is 1. The summed E-state index contributed by atoms with van der Waals surface area (Å²) >= 11 is 0. The Kier molecular flexibility index (Phi) is 2.20. The summed E-state index contributed by atoms with van der Waals surface area (Å²) < 4.78 is 2.41. The number of rotatable bonds is 0. The van der Waals surface area contributed by atoms with Crippen LogP contribution in [0.2, 0.25) is 0 Å². The topological polar surface area (TPSA) is 17.8 Å². The van der Waals surface area contributed by atoms with Crippen molar-refractivity contribution in [2.24, 2.45) is 0 Å². The summed E-state index contributed by atoms with van der Waals surface area (Å²) in [5.74, 6) is 0. The molecule has 0 amide bonds. The average Bonchev–Trinajstić information content (AvgIpc) is 2.64. The second kappa shape index (κ2) is 3.37. The van der Waals surface area contributed by atoms with Gasteiger partial charge in [0.15, 0.2) is 0 Å². The van der Waals surface area contributed by atoms with Gasteiger partial charge in [0.25, 0.3) is 0 Å². The lowest BCUT2D eigenvalue weighted by molar-refractivity contribution is 0.410. The van der Waals surface area contributed by atoms with Gasteiger partial charge in [0.1, 0.15) is 0 Å². The van der Waals surface area contributed by atoms with E-state index in [1.54, 1.807) is 0 Å². The molecule has 0 spiro atoms. The van der Waals surface area contributed by atoms with E-state index in [4.69, 9.17) is 0 Å². The van der Waals surface area contributed by atoms with Gasteiger partial charge < -0.3 is 4.57 Å². The van der Waals surface area contributed by atoms with E-state index in [9.17, 15) is 0 Å². The third kappa shape index (κ3) is 1.51. The minimum atomic E-state index is 0.129. The molecule has 0 aromatic carbocycles. The fourth-order valence-electron chi connectivity index (χ4n) is 3.08. The first-order valence-corrected chi connectivity index (χ1v) is 6.81. The van der Waals surface area contributed by atoms with E-state index < -0.39 is 0 Å². The van der Waals surface area contributed by atoms with E-state index in [0.29, 0.717) is 0 Å². The molecule has 1 aliphatic rings. The minimum absolute atomic E-state index is 0.129. The molecule has 0 atom stereocenters. The first kappa shape index (κ1) is 11.8. The molecule has 0 aliphatic heterocycles. The Morgan fingerprint density at radius 2 is 2.00 bits per heavy atom. The number of hydrogen-bond acceptors (Lipinski definition) is 1. The van der Waals surface area contributed by atoms with Crippen molar-refractivity contribution in [1.82, 2.24) is 9.55 Å².